The van der Waals surface area contributed by atoms with Crippen LogP contribution in [0.1, 0.15) is 16.7 Å². The Labute approximate surface area is 194 Å². The highest BCUT2D eigenvalue weighted by Gasteiger charge is 2.46. The van der Waals surface area contributed by atoms with Gasteiger partial charge in [-0.1, -0.05) is 96.2 Å². The van der Waals surface area contributed by atoms with Gasteiger partial charge in [-0.15, -0.1) is 0 Å². The molecular formula is C27H29NO5. The van der Waals surface area contributed by atoms with Crippen molar-refractivity contribution in [1.29, 1.82) is 0 Å². The van der Waals surface area contributed by atoms with E-state index in [-0.39, 0.29) is 6.10 Å². The SMILES string of the molecule is O/N=C/[C@@H]1O[C@H](COCc2ccccc2)[C@@H](OCc2ccccc2)[C@H]1OCc1ccccc1. The van der Waals surface area contributed by atoms with Gasteiger partial charge < -0.3 is 24.2 Å². The predicted octanol–water partition coefficient (Wildman–Crippen LogP) is 4.60. The number of hydrogen-bond donors (Lipinski definition) is 1. The molecule has 1 heterocycles. The molecule has 0 bridgehead atoms. The second-order valence-electron chi connectivity index (χ2n) is 7.93. The number of oxime groups is 1. The van der Waals surface area contributed by atoms with Crippen LogP contribution >= 0.6 is 0 Å². The van der Waals surface area contributed by atoms with Gasteiger partial charge in [0.15, 0.2) is 0 Å². The van der Waals surface area contributed by atoms with E-state index < -0.39 is 18.3 Å². The van der Waals surface area contributed by atoms with Crippen molar-refractivity contribution in [2.24, 2.45) is 5.16 Å². The Bertz CT molecular complexity index is 968. The van der Waals surface area contributed by atoms with Crippen molar-refractivity contribution in [2.75, 3.05) is 6.61 Å². The molecule has 3 aromatic rings. The molecule has 172 valence electrons. The van der Waals surface area contributed by atoms with E-state index in [4.69, 9.17) is 18.9 Å². The molecule has 1 N–H and O–H groups in total. The maximum absolute atomic E-state index is 9.20. The molecule has 1 fully saturated rings. The van der Waals surface area contributed by atoms with Gasteiger partial charge in [-0.25, -0.2) is 0 Å². The lowest BCUT2D eigenvalue weighted by molar-refractivity contribution is -0.0896. The lowest BCUT2D eigenvalue weighted by atomic mass is 10.1. The largest absolute Gasteiger partial charge is 0.411 e. The molecule has 0 aliphatic carbocycles. The monoisotopic (exact) mass is 447 g/mol. The average molecular weight is 448 g/mol. The van der Waals surface area contributed by atoms with Gasteiger partial charge in [-0.2, -0.15) is 0 Å². The molecule has 1 saturated heterocycles. The summed E-state index contributed by atoms with van der Waals surface area (Å²) in [5.41, 5.74) is 3.19. The van der Waals surface area contributed by atoms with Gasteiger partial charge >= 0.3 is 0 Å². The third-order valence-electron chi connectivity index (χ3n) is 5.52. The average Bonchev–Trinajstić information content (AvgIpc) is 3.19. The topological polar surface area (TPSA) is 69.5 Å². The molecule has 4 atom stereocenters. The van der Waals surface area contributed by atoms with E-state index in [1.165, 1.54) is 6.21 Å². The maximum atomic E-state index is 9.20. The first-order valence-electron chi connectivity index (χ1n) is 11.1. The number of hydrogen-bond acceptors (Lipinski definition) is 6. The molecule has 0 aromatic heterocycles. The van der Waals surface area contributed by atoms with Crippen LogP contribution in [0.4, 0.5) is 0 Å². The van der Waals surface area contributed by atoms with Crippen molar-refractivity contribution in [1.82, 2.24) is 0 Å². The Kier molecular flexibility index (Phi) is 8.61. The predicted molar refractivity (Wildman–Crippen MR) is 125 cm³/mol. The maximum Gasteiger partial charge on any atom is 0.125 e. The Morgan fingerprint density at radius 3 is 1.70 bits per heavy atom. The zero-order valence-electron chi connectivity index (χ0n) is 18.4. The smallest absolute Gasteiger partial charge is 0.125 e. The van der Waals surface area contributed by atoms with E-state index in [0.29, 0.717) is 26.4 Å². The molecular weight excluding hydrogens is 418 g/mol. The van der Waals surface area contributed by atoms with Crippen LogP contribution in [-0.2, 0) is 38.8 Å². The zero-order valence-corrected chi connectivity index (χ0v) is 18.4. The fourth-order valence-corrected chi connectivity index (χ4v) is 3.87. The minimum atomic E-state index is -0.551. The lowest BCUT2D eigenvalue weighted by Crippen LogP contribution is -2.39. The first-order chi connectivity index (χ1) is 16.3. The number of benzene rings is 3. The zero-order chi connectivity index (χ0) is 22.7. The quantitative estimate of drug-likeness (QED) is 0.264. The molecule has 6 nitrogen and oxygen atoms in total. The number of nitrogens with zero attached hydrogens (tertiary/aromatic N) is 1. The van der Waals surface area contributed by atoms with Crippen LogP contribution in [0.15, 0.2) is 96.2 Å². The summed E-state index contributed by atoms with van der Waals surface area (Å²) in [4.78, 5) is 0. The number of rotatable bonds is 11. The highest BCUT2D eigenvalue weighted by molar-refractivity contribution is 5.64. The summed E-state index contributed by atoms with van der Waals surface area (Å²) < 4.78 is 24.7. The molecule has 1 aliphatic heterocycles. The Hall–Kier alpha value is -3.03. The molecule has 0 unspecified atom stereocenters. The van der Waals surface area contributed by atoms with E-state index in [9.17, 15) is 5.21 Å². The van der Waals surface area contributed by atoms with Gasteiger partial charge in [0.05, 0.1) is 32.6 Å². The fourth-order valence-electron chi connectivity index (χ4n) is 3.87. The van der Waals surface area contributed by atoms with Crippen LogP contribution in [0, 0.1) is 0 Å². The first-order valence-corrected chi connectivity index (χ1v) is 11.1. The Balaban J connectivity index is 1.45. The minimum absolute atomic E-state index is 0.329. The van der Waals surface area contributed by atoms with Crippen molar-refractivity contribution in [2.45, 2.75) is 44.2 Å². The molecule has 0 spiro atoms. The van der Waals surface area contributed by atoms with E-state index in [1.54, 1.807) is 0 Å². The van der Waals surface area contributed by atoms with E-state index in [2.05, 4.69) is 5.16 Å². The van der Waals surface area contributed by atoms with Crippen LogP contribution < -0.4 is 0 Å². The van der Waals surface area contributed by atoms with E-state index in [1.807, 2.05) is 91.0 Å². The second-order valence-corrected chi connectivity index (χ2v) is 7.93. The van der Waals surface area contributed by atoms with Crippen LogP contribution in [0.25, 0.3) is 0 Å². The Morgan fingerprint density at radius 1 is 0.697 bits per heavy atom. The van der Waals surface area contributed by atoms with Gasteiger partial charge in [0.2, 0.25) is 0 Å². The number of ether oxygens (including phenoxy) is 4. The van der Waals surface area contributed by atoms with Crippen molar-refractivity contribution in [3.63, 3.8) is 0 Å². The van der Waals surface area contributed by atoms with Gasteiger partial charge in [-0.3, -0.25) is 0 Å². The van der Waals surface area contributed by atoms with Gasteiger partial charge in [0.1, 0.15) is 24.4 Å². The summed E-state index contributed by atoms with van der Waals surface area (Å²) in [6.45, 7) is 1.61. The van der Waals surface area contributed by atoms with Gasteiger partial charge in [0.25, 0.3) is 0 Å². The third kappa shape index (κ3) is 6.73. The summed E-state index contributed by atoms with van der Waals surface area (Å²) in [5, 5.41) is 12.4. The van der Waals surface area contributed by atoms with Crippen LogP contribution in [0.2, 0.25) is 0 Å². The molecule has 33 heavy (non-hydrogen) atoms. The van der Waals surface area contributed by atoms with Crippen molar-refractivity contribution in [3.8, 4) is 0 Å². The van der Waals surface area contributed by atoms with Crippen molar-refractivity contribution < 1.29 is 24.2 Å². The third-order valence-corrected chi connectivity index (χ3v) is 5.52. The molecule has 0 saturated carbocycles. The lowest BCUT2D eigenvalue weighted by Gasteiger charge is -2.24. The molecule has 0 radical (unpaired) electrons. The molecule has 6 heteroatoms. The highest BCUT2D eigenvalue weighted by atomic mass is 16.6. The van der Waals surface area contributed by atoms with Crippen molar-refractivity contribution in [3.05, 3.63) is 108 Å². The summed E-state index contributed by atoms with van der Waals surface area (Å²) in [6, 6.07) is 29.9. The highest BCUT2D eigenvalue weighted by Crippen LogP contribution is 2.28. The minimum Gasteiger partial charge on any atom is -0.411 e. The van der Waals surface area contributed by atoms with Gasteiger partial charge in [0, 0.05) is 0 Å². The summed E-state index contributed by atoms with van der Waals surface area (Å²) in [5.74, 6) is 0. The first kappa shape index (κ1) is 23.1. The summed E-state index contributed by atoms with van der Waals surface area (Å²) in [6.07, 6.45) is -0.417. The van der Waals surface area contributed by atoms with Gasteiger partial charge in [-0.05, 0) is 16.7 Å². The Morgan fingerprint density at radius 2 is 1.18 bits per heavy atom. The molecule has 3 aromatic carbocycles. The van der Waals surface area contributed by atoms with Crippen LogP contribution in [0.5, 0.6) is 0 Å². The molecule has 4 rings (SSSR count). The normalized spacial score (nSPS) is 22.7. The van der Waals surface area contributed by atoms with Crippen LogP contribution in [-0.4, -0.2) is 42.4 Å². The standard InChI is InChI=1S/C27H29NO5/c29-28-16-24-26(31-18-22-12-6-2-7-13-22)27(32-19-23-14-8-3-9-15-23)25(33-24)20-30-17-21-10-4-1-5-11-21/h1-16,24-27,29H,17-20H2/b28-16+/t24-,25+,26-,27+/m0/s1. The van der Waals surface area contributed by atoms with E-state index >= 15 is 0 Å². The van der Waals surface area contributed by atoms with E-state index in [0.717, 1.165) is 16.7 Å². The summed E-state index contributed by atoms with van der Waals surface area (Å²) >= 11 is 0. The summed E-state index contributed by atoms with van der Waals surface area (Å²) in [7, 11) is 0. The molecule has 1 aliphatic rings. The molecule has 0 amide bonds. The fraction of sp³-hybridized carbons (Fsp3) is 0.296. The van der Waals surface area contributed by atoms with Crippen molar-refractivity contribution >= 4 is 6.21 Å². The van der Waals surface area contributed by atoms with Crippen LogP contribution in [0.3, 0.4) is 0 Å². The second kappa shape index (κ2) is 12.3.